The van der Waals surface area contributed by atoms with Gasteiger partial charge in [0.05, 0.1) is 18.6 Å². The molecule has 2 aromatic rings. The lowest BCUT2D eigenvalue weighted by Gasteiger charge is -2.32. The van der Waals surface area contributed by atoms with E-state index in [4.69, 9.17) is 9.47 Å². The first kappa shape index (κ1) is 21.4. The van der Waals surface area contributed by atoms with Gasteiger partial charge in [0.1, 0.15) is 5.69 Å². The van der Waals surface area contributed by atoms with E-state index in [0.29, 0.717) is 56.3 Å². The highest BCUT2D eigenvalue weighted by Gasteiger charge is 2.28. The predicted octanol–water partition coefficient (Wildman–Crippen LogP) is 3.53. The number of ether oxygens (including phenoxy) is 2. The molecule has 8 nitrogen and oxygen atoms in total. The molecule has 1 saturated heterocycles. The maximum atomic E-state index is 12.6. The summed E-state index contributed by atoms with van der Waals surface area (Å²) in [6.07, 6.45) is 1.31. The van der Waals surface area contributed by atoms with Crippen molar-refractivity contribution in [2.75, 3.05) is 31.7 Å². The Bertz CT molecular complexity index is 894. The largest absolute Gasteiger partial charge is 0.493 e. The van der Waals surface area contributed by atoms with Crippen LogP contribution in [0.25, 0.3) is 0 Å². The number of amides is 1. The number of carbonyl (C=O) groups is 1. The molecule has 160 valence electrons. The van der Waals surface area contributed by atoms with Crippen LogP contribution in [0, 0.1) is 16.0 Å². The van der Waals surface area contributed by atoms with Gasteiger partial charge in [-0.3, -0.25) is 14.9 Å². The van der Waals surface area contributed by atoms with Crippen LogP contribution < -0.4 is 19.7 Å². The Morgan fingerprint density at radius 3 is 2.60 bits per heavy atom. The molecule has 30 heavy (non-hydrogen) atoms. The lowest BCUT2D eigenvalue weighted by Crippen LogP contribution is -2.40. The third kappa shape index (κ3) is 5.00. The lowest BCUT2D eigenvalue weighted by molar-refractivity contribution is -0.384. The minimum absolute atomic E-state index is 0.00469. The summed E-state index contributed by atoms with van der Waals surface area (Å²) in [5.41, 5.74) is 1.65. The Kier molecular flexibility index (Phi) is 7.11. The normalized spacial score (nSPS) is 14.3. The number of nitrogens with zero attached hydrogens (tertiary/aromatic N) is 2. The van der Waals surface area contributed by atoms with E-state index in [9.17, 15) is 14.9 Å². The van der Waals surface area contributed by atoms with Crippen LogP contribution in [0.15, 0.2) is 42.5 Å². The molecule has 1 N–H and O–H groups in total. The Morgan fingerprint density at radius 2 is 1.93 bits per heavy atom. The molecule has 1 aliphatic rings. The van der Waals surface area contributed by atoms with Crippen molar-refractivity contribution in [1.82, 2.24) is 5.32 Å². The molecule has 1 heterocycles. The van der Waals surface area contributed by atoms with E-state index in [0.717, 1.165) is 5.56 Å². The zero-order valence-electron chi connectivity index (χ0n) is 17.3. The highest BCUT2D eigenvalue weighted by molar-refractivity contribution is 5.79. The fourth-order valence-corrected chi connectivity index (χ4v) is 3.70. The summed E-state index contributed by atoms with van der Waals surface area (Å²) in [6.45, 7) is 4.09. The number of para-hydroxylation sites is 2. The maximum absolute atomic E-state index is 12.6. The van der Waals surface area contributed by atoms with Crippen LogP contribution in [-0.2, 0) is 11.3 Å². The summed E-state index contributed by atoms with van der Waals surface area (Å²) in [5, 5.41) is 14.3. The molecule has 1 aliphatic heterocycles. The first-order chi connectivity index (χ1) is 14.5. The van der Waals surface area contributed by atoms with Gasteiger partial charge >= 0.3 is 0 Å². The number of piperidine rings is 1. The summed E-state index contributed by atoms with van der Waals surface area (Å²) >= 11 is 0. The SMILES string of the molecule is CCOc1ccc(CNC(=O)C2CCN(c3ccccc3[N+](=O)[O-])CC2)cc1OC. The van der Waals surface area contributed by atoms with Crippen LogP contribution in [-0.4, -0.2) is 37.6 Å². The van der Waals surface area contributed by atoms with E-state index in [1.165, 1.54) is 6.07 Å². The zero-order valence-corrected chi connectivity index (χ0v) is 17.3. The molecule has 0 spiro atoms. The standard InChI is InChI=1S/C22H27N3O5/c1-3-30-20-9-8-16(14-21(20)29-2)15-23-22(26)17-10-12-24(13-11-17)18-6-4-5-7-19(18)25(27)28/h4-9,14,17H,3,10-13,15H2,1-2H3,(H,23,26). The molecule has 3 rings (SSSR count). The molecular formula is C22H27N3O5. The van der Waals surface area contributed by atoms with Gasteiger partial charge < -0.3 is 19.7 Å². The van der Waals surface area contributed by atoms with Gasteiger partial charge in [0, 0.05) is 31.6 Å². The van der Waals surface area contributed by atoms with Crippen LogP contribution in [0.3, 0.4) is 0 Å². The molecule has 1 fully saturated rings. The van der Waals surface area contributed by atoms with Crippen molar-refractivity contribution in [3.05, 3.63) is 58.1 Å². The zero-order chi connectivity index (χ0) is 21.5. The molecule has 0 saturated carbocycles. The lowest BCUT2D eigenvalue weighted by atomic mass is 9.95. The second-order valence-corrected chi connectivity index (χ2v) is 7.14. The van der Waals surface area contributed by atoms with Crippen molar-refractivity contribution in [3.8, 4) is 11.5 Å². The van der Waals surface area contributed by atoms with Gasteiger partial charge in [-0.2, -0.15) is 0 Å². The van der Waals surface area contributed by atoms with Gasteiger partial charge in [-0.1, -0.05) is 18.2 Å². The topological polar surface area (TPSA) is 93.9 Å². The predicted molar refractivity (Wildman–Crippen MR) is 114 cm³/mol. The minimum Gasteiger partial charge on any atom is -0.493 e. The number of hydrogen-bond donors (Lipinski definition) is 1. The Hall–Kier alpha value is -3.29. The fourth-order valence-electron chi connectivity index (χ4n) is 3.70. The van der Waals surface area contributed by atoms with E-state index in [2.05, 4.69) is 5.32 Å². The van der Waals surface area contributed by atoms with Gasteiger partial charge in [-0.15, -0.1) is 0 Å². The first-order valence-corrected chi connectivity index (χ1v) is 10.1. The van der Waals surface area contributed by atoms with Crippen LogP contribution in [0.1, 0.15) is 25.3 Å². The molecule has 0 aliphatic carbocycles. The maximum Gasteiger partial charge on any atom is 0.292 e. The summed E-state index contributed by atoms with van der Waals surface area (Å²) < 4.78 is 10.9. The average Bonchev–Trinajstić information content (AvgIpc) is 2.78. The van der Waals surface area contributed by atoms with Crippen LogP contribution in [0.4, 0.5) is 11.4 Å². The van der Waals surface area contributed by atoms with Crippen molar-refractivity contribution < 1.29 is 19.2 Å². The molecular weight excluding hydrogens is 386 g/mol. The van der Waals surface area contributed by atoms with E-state index >= 15 is 0 Å². The van der Waals surface area contributed by atoms with Crippen molar-refractivity contribution in [2.45, 2.75) is 26.3 Å². The number of nitro groups is 1. The molecule has 1 amide bonds. The van der Waals surface area contributed by atoms with Gasteiger partial charge in [-0.05, 0) is 43.5 Å². The van der Waals surface area contributed by atoms with E-state index in [1.807, 2.05) is 30.0 Å². The smallest absolute Gasteiger partial charge is 0.292 e. The van der Waals surface area contributed by atoms with E-state index in [1.54, 1.807) is 25.3 Å². The van der Waals surface area contributed by atoms with Crippen molar-refractivity contribution in [3.63, 3.8) is 0 Å². The van der Waals surface area contributed by atoms with E-state index < -0.39 is 0 Å². The van der Waals surface area contributed by atoms with Crippen LogP contribution in [0.2, 0.25) is 0 Å². The Morgan fingerprint density at radius 1 is 1.20 bits per heavy atom. The number of nitrogens with one attached hydrogen (secondary N) is 1. The highest BCUT2D eigenvalue weighted by Crippen LogP contribution is 2.31. The molecule has 0 unspecified atom stereocenters. The van der Waals surface area contributed by atoms with Gasteiger partial charge in [0.2, 0.25) is 5.91 Å². The number of nitro benzene ring substituents is 1. The first-order valence-electron chi connectivity index (χ1n) is 10.1. The van der Waals surface area contributed by atoms with Gasteiger partial charge in [0.25, 0.3) is 5.69 Å². The molecule has 0 bridgehead atoms. The second-order valence-electron chi connectivity index (χ2n) is 7.14. The number of rotatable bonds is 8. The van der Waals surface area contributed by atoms with Gasteiger partial charge in [-0.25, -0.2) is 0 Å². The number of hydrogen-bond acceptors (Lipinski definition) is 6. The van der Waals surface area contributed by atoms with E-state index in [-0.39, 0.29) is 22.4 Å². The minimum atomic E-state index is -0.362. The number of anilines is 1. The number of benzene rings is 2. The third-order valence-electron chi connectivity index (χ3n) is 5.28. The third-order valence-corrected chi connectivity index (χ3v) is 5.28. The quantitative estimate of drug-likeness (QED) is 0.526. The van der Waals surface area contributed by atoms with Gasteiger partial charge in [0.15, 0.2) is 11.5 Å². The molecule has 2 aromatic carbocycles. The molecule has 8 heteroatoms. The fraction of sp³-hybridized carbons (Fsp3) is 0.409. The Labute approximate surface area is 175 Å². The summed E-state index contributed by atoms with van der Waals surface area (Å²) in [7, 11) is 1.59. The summed E-state index contributed by atoms with van der Waals surface area (Å²) in [6, 6.07) is 12.4. The summed E-state index contributed by atoms with van der Waals surface area (Å²) in [5.74, 6) is 1.22. The van der Waals surface area contributed by atoms with Crippen LogP contribution >= 0.6 is 0 Å². The molecule has 0 radical (unpaired) electrons. The number of methoxy groups -OCH3 is 1. The summed E-state index contributed by atoms with van der Waals surface area (Å²) in [4.78, 5) is 25.5. The van der Waals surface area contributed by atoms with Crippen molar-refractivity contribution in [1.29, 1.82) is 0 Å². The average molecular weight is 413 g/mol. The highest BCUT2D eigenvalue weighted by atomic mass is 16.6. The Balaban J connectivity index is 1.54. The molecule has 0 aromatic heterocycles. The van der Waals surface area contributed by atoms with Crippen molar-refractivity contribution >= 4 is 17.3 Å². The van der Waals surface area contributed by atoms with Crippen LogP contribution in [0.5, 0.6) is 11.5 Å². The van der Waals surface area contributed by atoms with Crippen molar-refractivity contribution in [2.24, 2.45) is 5.92 Å². The second kappa shape index (κ2) is 9.96. The monoisotopic (exact) mass is 413 g/mol. The molecule has 0 atom stereocenters. The number of carbonyl (C=O) groups excluding carboxylic acids is 1.